The Hall–Kier alpha value is -1.58. The number of amides is 1. The van der Waals surface area contributed by atoms with Crippen molar-refractivity contribution < 1.29 is 4.79 Å². The van der Waals surface area contributed by atoms with E-state index >= 15 is 0 Å². The van der Waals surface area contributed by atoms with E-state index in [1.54, 1.807) is 18.5 Å². The van der Waals surface area contributed by atoms with Gasteiger partial charge < -0.3 is 0 Å². The van der Waals surface area contributed by atoms with Crippen LogP contribution < -0.4 is 0 Å². The summed E-state index contributed by atoms with van der Waals surface area (Å²) in [4.78, 5) is 14.9. The van der Waals surface area contributed by atoms with E-state index in [9.17, 15) is 4.79 Å². The molecule has 0 saturated heterocycles. The normalized spacial score (nSPS) is 26.7. The zero-order chi connectivity index (χ0) is 7.68. The molecule has 0 fully saturated rings. The van der Waals surface area contributed by atoms with E-state index in [2.05, 4.69) is 15.2 Å². The number of allylic oxidation sites excluding steroid dienone is 1. The van der Waals surface area contributed by atoms with Crippen LogP contribution in [0.5, 0.6) is 0 Å². The fourth-order valence-electron chi connectivity index (χ4n) is 0.994. The number of carbonyl (C=O) groups excluding carboxylic acids is 1. The zero-order valence-corrected chi connectivity index (χ0v) is 5.64. The number of hydrogen-bond acceptors (Lipinski definition) is 3. The fourth-order valence-corrected chi connectivity index (χ4v) is 0.994. The highest BCUT2D eigenvalue weighted by molar-refractivity contribution is 5.91. The molecule has 0 bridgehead atoms. The zero-order valence-electron chi connectivity index (χ0n) is 5.64. The van der Waals surface area contributed by atoms with E-state index in [0.717, 1.165) is 5.57 Å². The topological polar surface area (TPSA) is 54.1 Å². The standard InChI is InChI=1S/C7H5N3O/c11-7-6-5(4-9-10-7)2-1-3-8-6/h1-4,6H. The van der Waals surface area contributed by atoms with Crippen molar-refractivity contribution in [2.24, 2.45) is 15.2 Å². The maximum Gasteiger partial charge on any atom is 0.293 e. The Morgan fingerprint density at radius 2 is 2.36 bits per heavy atom. The van der Waals surface area contributed by atoms with Crippen LogP contribution in [0.4, 0.5) is 0 Å². The average Bonchev–Trinajstić information content (AvgIpc) is 2.06. The number of azo groups is 1. The van der Waals surface area contributed by atoms with Crippen molar-refractivity contribution in [2.45, 2.75) is 6.04 Å². The molecule has 0 aromatic heterocycles. The van der Waals surface area contributed by atoms with E-state index in [-0.39, 0.29) is 5.91 Å². The number of fused-ring (bicyclic) bond motifs is 1. The van der Waals surface area contributed by atoms with E-state index in [0.29, 0.717) is 0 Å². The van der Waals surface area contributed by atoms with Crippen LogP contribution in [0, 0.1) is 0 Å². The Bertz CT molecular complexity index is 312. The predicted octanol–water partition coefficient (Wildman–Crippen LogP) is 0.872. The second-order valence-electron chi connectivity index (χ2n) is 2.24. The van der Waals surface area contributed by atoms with E-state index in [1.165, 1.54) is 0 Å². The summed E-state index contributed by atoms with van der Waals surface area (Å²) >= 11 is 0. The number of aliphatic imine (C=N–C) groups is 1. The lowest BCUT2D eigenvalue weighted by Gasteiger charge is -2.12. The van der Waals surface area contributed by atoms with Crippen molar-refractivity contribution in [1.82, 2.24) is 0 Å². The van der Waals surface area contributed by atoms with Crippen LogP contribution in [0.25, 0.3) is 0 Å². The maximum atomic E-state index is 11.0. The molecule has 0 spiro atoms. The molecule has 1 amide bonds. The minimum atomic E-state index is -0.433. The summed E-state index contributed by atoms with van der Waals surface area (Å²) in [6, 6.07) is -0.433. The largest absolute Gasteiger partial charge is 0.293 e. The van der Waals surface area contributed by atoms with Crippen LogP contribution >= 0.6 is 0 Å². The average molecular weight is 147 g/mol. The summed E-state index contributed by atoms with van der Waals surface area (Å²) in [5.74, 6) is -0.289. The lowest BCUT2D eigenvalue weighted by Crippen LogP contribution is -2.21. The SMILES string of the molecule is O=C1N=NC=C2C=CC=NC12. The summed E-state index contributed by atoms with van der Waals surface area (Å²) in [7, 11) is 0. The van der Waals surface area contributed by atoms with Crippen LogP contribution in [-0.2, 0) is 4.79 Å². The van der Waals surface area contributed by atoms with Crippen molar-refractivity contribution in [2.75, 3.05) is 0 Å². The molecule has 1 atom stereocenters. The highest BCUT2D eigenvalue weighted by Gasteiger charge is 2.23. The molecular weight excluding hydrogens is 142 g/mol. The molecule has 0 aromatic rings. The molecule has 0 radical (unpaired) electrons. The number of hydrogen-bond donors (Lipinski definition) is 0. The van der Waals surface area contributed by atoms with Crippen molar-refractivity contribution in [3.63, 3.8) is 0 Å². The summed E-state index contributed by atoms with van der Waals surface area (Å²) in [5, 5.41) is 6.91. The third-order valence-corrected chi connectivity index (χ3v) is 1.52. The molecule has 2 aliphatic rings. The molecule has 11 heavy (non-hydrogen) atoms. The Morgan fingerprint density at radius 1 is 1.45 bits per heavy atom. The lowest BCUT2D eigenvalue weighted by atomic mass is 10.1. The van der Waals surface area contributed by atoms with Gasteiger partial charge in [-0.2, -0.15) is 5.11 Å². The first kappa shape index (κ1) is 6.15. The second kappa shape index (κ2) is 2.23. The monoisotopic (exact) mass is 147 g/mol. The lowest BCUT2D eigenvalue weighted by molar-refractivity contribution is -0.118. The molecule has 0 aromatic carbocycles. The van der Waals surface area contributed by atoms with E-state index in [1.807, 2.05) is 6.08 Å². The van der Waals surface area contributed by atoms with Crippen molar-refractivity contribution >= 4 is 12.1 Å². The molecule has 2 aliphatic heterocycles. The molecular formula is C7H5N3O. The van der Waals surface area contributed by atoms with Gasteiger partial charge >= 0.3 is 0 Å². The van der Waals surface area contributed by atoms with Crippen molar-refractivity contribution in [3.8, 4) is 0 Å². The van der Waals surface area contributed by atoms with Gasteiger partial charge in [-0.25, -0.2) is 0 Å². The van der Waals surface area contributed by atoms with Gasteiger partial charge in [-0.3, -0.25) is 9.79 Å². The van der Waals surface area contributed by atoms with Crippen LogP contribution in [0.15, 0.2) is 39.1 Å². The van der Waals surface area contributed by atoms with E-state index in [4.69, 9.17) is 0 Å². The smallest absolute Gasteiger partial charge is 0.275 e. The van der Waals surface area contributed by atoms with Crippen LogP contribution in [0.1, 0.15) is 0 Å². The van der Waals surface area contributed by atoms with Gasteiger partial charge in [0.05, 0.1) is 6.20 Å². The van der Waals surface area contributed by atoms with Crippen molar-refractivity contribution in [1.29, 1.82) is 0 Å². The molecule has 4 heteroatoms. The summed E-state index contributed by atoms with van der Waals surface area (Å²) in [6.07, 6.45) is 6.74. The summed E-state index contributed by atoms with van der Waals surface area (Å²) in [6.45, 7) is 0. The molecule has 0 saturated carbocycles. The van der Waals surface area contributed by atoms with Crippen molar-refractivity contribution in [3.05, 3.63) is 23.9 Å². The first-order valence-electron chi connectivity index (χ1n) is 3.22. The van der Waals surface area contributed by atoms with Crippen LogP contribution in [0.2, 0.25) is 0 Å². The summed E-state index contributed by atoms with van der Waals surface area (Å²) < 4.78 is 0. The third kappa shape index (κ3) is 0.920. The van der Waals surface area contributed by atoms with Crippen LogP contribution in [-0.4, -0.2) is 18.2 Å². The Morgan fingerprint density at radius 3 is 3.18 bits per heavy atom. The first-order chi connectivity index (χ1) is 5.38. The predicted molar refractivity (Wildman–Crippen MR) is 39.4 cm³/mol. The fraction of sp³-hybridized carbons (Fsp3) is 0.143. The molecule has 2 heterocycles. The number of dihydropyridines is 1. The molecule has 0 aliphatic carbocycles. The number of rotatable bonds is 0. The van der Waals surface area contributed by atoms with E-state index < -0.39 is 6.04 Å². The summed E-state index contributed by atoms with van der Waals surface area (Å²) in [5.41, 5.74) is 0.813. The highest BCUT2D eigenvalue weighted by atomic mass is 16.2. The van der Waals surface area contributed by atoms with Gasteiger partial charge in [0.1, 0.15) is 0 Å². The molecule has 0 N–H and O–H groups in total. The van der Waals surface area contributed by atoms with Gasteiger partial charge in [0.25, 0.3) is 5.91 Å². The minimum Gasteiger partial charge on any atom is -0.275 e. The van der Waals surface area contributed by atoms with Gasteiger partial charge in [-0.15, -0.1) is 5.11 Å². The number of nitrogens with zero attached hydrogens (tertiary/aromatic N) is 3. The van der Waals surface area contributed by atoms with Gasteiger partial charge in [-0.1, -0.05) is 6.08 Å². The van der Waals surface area contributed by atoms with Gasteiger partial charge in [0.15, 0.2) is 6.04 Å². The highest BCUT2D eigenvalue weighted by Crippen LogP contribution is 2.17. The number of carbonyl (C=O) groups is 1. The van der Waals surface area contributed by atoms with Gasteiger partial charge in [-0.05, 0) is 6.08 Å². The van der Waals surface area contributed by atoms with Gasteiger partial charge in [0.2, 0.25) is 0 Å². The molecule has 4 nitrogen and oxygen atoms in total. The quantitative estimate of drug-likeness (QED) is 0.501. The Labute approximate surface area is 63.0 Å². The first-order valence-corrected chi connectivity index (χ1v) is 3.22. The third-order valence-electron chi connectivity index (χ3n) is 1.52. The Kier molecular flexibility index (Phi) is 1.25. The van der Waals surface area contributed by atoms with Gasteiger partial charge in [0, 0.05) is 11.8 Å². The molecule has 1 unspecified atom stereocenters. The van der Waals surface area contributed by atoms with Crippen LogP contribution in [0.3, 0.4) is 0 Å². The minimum absolute atomic E-state index is 0.289. The second-order valence-corrected chi connectivity index (χ2v) is 2.24. The molecule has 54 valence electrons. The maximum absolute atomic E-state index is 11.0. The Balaban J connectivity index is 2.43. The molecule has 2 rings (SSSR count).